The molecule has 24 heavy (non-hydrogen) atoms. The molecule has 1 fully saturated rings. The number of amides is 1. The van der Waals surface area contributed by atoms with Gasteiger partial charge in [-0.1, -0.05) is 18.2 Å². The van der Waals surface area contributed by atoms with Crippen LogP contribution in [0.15, 0.2) is 48.5 Å². The molecule has 3 N–H and O–H groups in total. The Bertz CT molecular complexity index is 692. The van der Waals surface area contributed by atoms with Crippen molar-refractivity contribution in [3.05, 3.63) is 54.1 Å². The minimum Gasteiger partial charge on any atom is -0.508 e. The van der Waals surface area contributed by atoms with Crippen molar-refractivity contribution < 1.29 is 14.8 Å². The molecule has 0 radical (unpaired) electrons. The van der Waals surface area contributed by atoms with Crippen LogP contribution in [0.4, 0.5) is 11.4 Å². The maximum atomic E-state index is 12.2. The number of benzene rings is 2. The maximum absolute atomic E-state index is 12.2. The van der Waals surface area contributed by atoms with Gasteiger partial charge in [0.15, 0.2) is 6.54 Å². The van der Waals surface area contributed by atoms with Crippen LogP contribution in [0.1, 0.15) is 5.56 Å². The van der Waals surface area contributed by atoms with E-state index in [0.717, 1.165) is 43.1 Å². The first-order valence-corrected chi connectivity index (χ1v) is 8.35. The van der Waals surface area contributed by atoms with Crippen molar-refractivity contribution in [1.29, 1.82) is 0 Å². The van der Waals surface area contributed by atoms with Gasteiger partial charge in [0, 0.05) is 11.4 Å². The van der Waals surface area contributed by atoms with Crippen molar-refractivity contribution in [2.24, 2.45) is 0 Å². The third-order valence-corrected chi connectivity index (χ3v) is 4.52. The summed E-state index contributed by atoms with van der Waals surface area (Å²) >= 11 is 0. The van der Waals surface area contributed by atoms with Gasteiger partial charge in [-0.15, -0.1) is 0 Å². The number of piperazine rings is 1. The van der Waals surface area contributed by atoms with Gasteiger partial charge in [-0.25, -0.2) is 0 Å². The van der Waals surface area contributed by atoms with Crippen molar-refractivity contribution >= 4 is 17.3 Å². The zero-order valence-electron chi connectivity index (χ0n) is 14.0. The Morgan fingerprint density at radius 2 is 1.79 bits per heavy atom. The SMILES string of the molecule is Cc1ccccc1NC(=O)C[NH+]1CCN(c2ccc(O)cc2)CC1. The van der Waals surface area contributed by atoms with E-state index in [9.17, 15) is 9.90 Å². The number of nitrogens with zero attached hydrogens (tertiary/aromatic N) is 1. The van der Waals surface area contributed by atoms with Gasteiger partial charge in [0.1, 0.15) is 5.75 Å². The van der Waals surface area contributed by atoms with Crippen molar-refractivity contribution in [1.82, 2.24) is 0 Å². The fourth-order valence-electron chi connectivity index (χ4n) is 3.06. The Kier molecular flexibility index (Phi) is 5.01. The molecule has 0 bridgehead atoms. The fraction of sp³-hybridized carbons (Fsp3) is 0.316. The van der Waals surface area contributed by atoms with Gasteiger partial charge < -0.3 is 20.2 Å². The number of nitrogens with one attached hydrogen (secondary N) is 2. The standard InChI is InChI=1S/C19H23N3O2/c1-15-4-2-3-5-18(15)20-19(24)14-21-10-12-22(13-11-21)16-6-8-17(23)9-7-16/h2-9,23H,10-14H2,1H3,(H,20,24)/p+1. The number of aryl methyl sites for hydroxylation is 1. The average molecular weight is 326 g/mol. The highest BCUT2D eigenvalue weighted by Gasteiger charge is 2.22. The molecule has 1 amide bonds. The topological polar surface area (TPSA) is 57.0 Å². The van der Waals surface area contributed by atoms with E-state index in [-0.39, 0.29) is 11.7 Å². The van der Waals surface area contributed by atoms with Crippen LogP contribution in [-0.4, -0.2) is 43.7 Å². The summed E-state index contributed by atoms with van der Waals surface area (Å²) in [6, 6.07) is 15.1. The molecule has 0 aliphatic carbocycles. The quantitative estimate of drug-likeness (QED) is 0.787. The summed E-state index contributed by atoms with van der Waals surface area (Å²) in [5, 5.41) is 12.4. The lowest BCUT2D eigenvalue weighted by Gasteiger charge is -2.33. The summed E-state index contributed by atoms with van der Waals surface area (Å²) in [4.78, 5) is 15.8. The highest BCUT2D eigenvalue weighted by molar-refractivity contribution is 5.92. The Balaban J connectivity index is 1.49. The number of carbonyl (C=O) groups is 1. The molecule has 0 unspecified atom stereocenters. The van der Waals surface area contributed by atoms with Gasteiger partial charge in [0.05, 0.1) is 26.2 Å². The molecule has 1 saturated heterocycles. The molecule has 5 nitrogen and oxygen atoms in total. The highest BCUT2D eigenvalue weighted by Crippen LogP contribution is 2.18. The molecular weight excluding hydrogens is 302 g/mol. The van der Waals surface area contributed by atoms with Crippen molar-refractivity contribution in [3.63, 3.8) is 0 Å². The van der Waals surface area contributed by atoms with Gasteiger partial charge in [0.25, 0.3) is 5.91 Å². The van der Waals surface area contributed by atoms with Crippen LogP contribution >= 0.6 is 0 Å². The minimum absolute atomic E-state index is 0.0670. The lowest BCUT2D eigenvalue weighted by atomic mass is 10.2. The molecule has 2 aromatic carbocycles. The van der Waals surface area contributed by atoms with E-state index in [0.29, 0.717) is 6.54 Å². The van der Waals surface area contributed by atoms with Gasteiger partial charge in [-0.3, -0.25) is 4.79 Å². The van der Waals surface area contributed by atoms with Crippen LogP contribution in [0, 0.1) is 6.92 Å². The summed E-state index contributed by atoms with van der Waals surface area (Å²) in [5.74, 6) is 0.355. The Morgan fingerprint density at radius 3 is 2.46 bits per heavy atom. The third kappa shape index (κ3) is 4.06. The number of phenols is 1. The normalized spacial score (nSPS) is 15.3. The third-order valence-electron chi connectivity index (χ3n) is 4.52. The first-order chi connectivity index (χ1) is 11.6. The minimum atomic E-state index is 0.0670. The predicted molar refractivity (Wildman–Crippen MR) is 95.7 cm³/mol. The highest BCUT2D eigenvalue weighted by atomic mass is 16.3. The van der Waals surface area contributed by atoms with Gasteiger partial charge in [-0.05, 0) is 42.8 Å². The molecule has 2 aromatic rings. The second-order valence-electron chi connectivity index (χ2n) is 6.29. The molecule has 1 aliphatic rings. The number of anilines is 2. The first-order valence-electron chi connectivity index (χ1n) is 8.35. The van der Waals surface area contributed by atoms with Crippen LogP contribution < -0.4 is 15.1 Å². The number of aromatic hydroxyl groups is 1. The van der Waals surface area contributed by atoms with Gasteiger partial charge in [-0.2, -0.15) is 0 Å². The Morgan fingerprint density at radius 1 is 1.12 bits per heavy atom. The molecule has 0 aromatic heterocycles. The lowest BCUT2D eigenvalue weighted by molar-refractivity contribution is -0.892. The summed E-state index contributed by atoms with van der Waals surface area (Å²) < 4.78 is 0. The van der Waals surface area contributed by atoms with Crippen LogP contribution in [0.25, 0.3) is 0 Å². The van der Waals surface area contributed by atoms with Crippen molar-refractivity contribution in [2.75, 3.05) is 42.9 Å². The van der Waals surface area contributed by atoms with E-state index >= 15 is 0 Å². The number of phenolic OH excluding ortho intramolecular Hbond substituents is 1. The van der Waals surface area contributed by atoms with Crippen molar-refractivity contribution in [3.8, 4) is 5.75 Å². The lowest BCUT2D eigenvalue weighted by Crippen LogP contribution is -3.15. The van der Waals surface area contributed by atoms with E-state index in [2.05, 4.69) is 10.2 Å². The maximum Gasteiger partial charge on any atom is 0.279 e. The molecule has 1 aliphatic heterocycles. The predicted octanol–water partition coefficient (Wildman–Crippen LogP) is 1.04. The van der Waals surface area contributed by atoms with E-state index in [1.54, 1.807) is 12.1 Å². The monoisotopic (exact) mass is 326 g/mol. The summed E-state index contributed by atoms with van der Waals surface area (Å²) in [5.41, 5.74) is 3.10. The first kappa shape index (κ1) is 16.3. The molecule has 126 valence electrons. The van der Waals surface area contributed by atoms with Gasteiger partial charge >= 0.3 is 0 Å². The zero-order chi connectivity index (χ0) is 16.9. The largest absolute Gasteiger partial charge is 0.508 e. The van der Waals surface area contributed by atoms with Crippen LogP contribution in [0.3, 0.4) is 0 Å². The second kappa shape index (κ2) is 7.36. The molecule has 3 rings (SSSR count). The summed E-state index contributed by atoms with van der Waals surface area (Å²) in [6.45, 7) is 6.19. The smallest absolute Gasteiger partial charge is 0.279 e. The molecular formula is C19H24N3O2+. The number of quaternary nitrogens is 1. The van der Waals surface area contributed by atoms with Gasteiger partial charge in [0.2, 0.25) is 0 Å². The molecule has 5 heteroatoms. The number of para-hydroxylation sites is 1. The van der Waals surface area contributed by atoms with Crippen LogP contribution in [0.5, 0.6) is 5.75 Å². The van der Waals surface area contributed by atoms with E-state index in [4.69, 9.17) is 0 Å². The molecule has 1 heterocycles. The van der Waals surface area contributed by atoms with Crippen molar-refractivity contribution in [2.45, 2.75) is 6.92 Å². The number of hydrogen-bond donors (Lipinski definition) is 3. The molecule has 0 atom stereocenters. The molecule has 0 saturated carbocycles. The van der Waals surface area contributed by atoms with E-state index in [1.165, 1.54) is 4.90 Å². The number of rotatable bonds is 4. The zero-order valence-corrected chi connectivity index (χ0v) is 14.0. The number of carbonyl (C=O) groups excluding carboxylic acids is 1. The second-order valence-corrected chi connectivity index (χ2v) is 6.29. The van der Waals surface area contributed by atoms with E-state index in [1.807, 2.05) is 43.3 Å². The molecule has 0 spiro atoms. The Hall–Kier alpha value is -2.53. The van der Waals surface area contributed by atoms with Crippen LogP contribution in [0.2, 0.25) is 0 Å². The average Bonchev–Trinajstić information content (AvgIpc) is 2.58. The fourth-order valence-corrected chi connectivity index (χ4v) is 3.06. The Labute approximate surface area is 142 Å². The van der Waals surface area contributed by atoms with Crippen LogP contribution in [-0.2, 0) is 4.79 Å². The van der Waals surface area contributed by atoms with E-state index < -0.39 is 0 Å². The summed E-state index contributed by atoms with van der Waals surface area (Å²) in [7, 11) is 0. The number of hydrogen-bond acceptors (Lipinski definition) is 3. The summed E-state index contributed by atoms with van der Waals surface area (Å²) in [6.07, 6.45) is 0.